The third-order valence-corrected chi connectivity index (χ3v) is 3.50. The molecule has 1 heterocycles. The van der Waals surface area contributed by atoms with Gasteiger partial charge in [-0.2, -0.15) is 0 Å². The first kappa shape index (κ1) is 12.9. The van der Waals surface area contributed by atoms with E-state index in [1.807, 2.05) is 19.1 Å². The molecule has 0 saturated carbocycles. The predicted molar refractivity (Wildman–Crippen MR) is 72.5 cm³/mol. The maximum atomic E-state index is 11.3. The third kappa shape index (κ3) is 2.64. The van der Waals surface area contributed by atoms with Crippen LogP contribution in [0.1, 0.15) is 22.3 Å². The van der Waals surface area contributed by atoms with E-state index < -0.39 is 5.97 Å². The molecular formula is C14H20N2O2. The minimum atomic E-state index is -0.841. The number of carboxylic acids is 1. The second-order valence-electron chi connectivity index (χ2n) is 4.92. The lowest BCUT2D eigenvalue weighted by atomic mass is 10.1. The summed E-state index contributed by atoms with van der Waals surface area (Å²) < 4.78 is 0. The van der Waals surface area contributed by atoms with E-state index in [1.54, 1.807) is 6.07 Å². The minimum absolute atomic E-state index is 0.416. The zero-order valence-corrected chi connectivity index (χ0v) is 11.0. The molecule has 1 aromatic carbocycles. The van der Waals surface area contributed by atoms with Gasteiger partial charge in [0.2, 0.25) is 0 Å². The second-order valence-corrected chi connectivity index (χ2v) is 4.92. The third-order valence-electron chi connectivity index (χ3n) is 3.50. The van der Waals surface area contributed by atoms with Crippen molar-refractivity contribution in [1.29, 1.82) is 0 Å². The molecule has 0 atom stereocenters. The first-order valence-corrected chi connectivity index (χ1v) is 6.36. The number of hydrogen-bond acceptors (Lipinski definition) is 3. The van der Waals surface area contributed by atoms with Crippen molar-refractivity contribution >= 4 is 11.7 Å². The van der Waals surface area contributed by atoms with Crippen molar-refractivity contribution in [2.45, 2.75) is 13.3 Å². The van der Waals surface area contributed by atoms with E-state index in [9.17, 15) is 9.90 Å². The molecule has 1 saturated heterocycles. The van der Waals surface area contributed by atoms with E-state index in [1.165, 1.54) is 0 Å². The molecule has 4 nitrogen and oxygen atoms in total. The lowest BCUT2D eigenvalue weighted by Gasteiger charge is -2.26. The molecule has 0 aliphatic carbocycles. The number of rotatable bonds is 2. The monoisotopic (exact) mass is 248 g/mol. The van der Waals surface area contributed by atoms with Crippen molar-refractivity contribution in [2.75, 3.05) is 38.1 Å². The van der Waals surface area contributed by atoms with Gasteiger partial charge in [0, 0.05) is 19.6 Å². The number of anilines is 1. The van der Waals surface area contributed by atoms with Gasteiger partial charge in [0.1, 0.15) is 0 Å². The highest BCUT2D eigenvalue weighted by Crippen LogP contribution is 2.26. The number of para-hydroxylation sites is 1. The van der Waals surface area contributed by atoms with Crippen LogP contribution in [0, 0.1) is 6.92 Å². The van der Waals surface area contributed by atoms with Crippen LogP contribution in [-0.4, -0.2) is 49.2 Å². The Bertz CT molecular complexity index is 445. The van der Waals surface area contributed by atoms with E-state index in [0.29, 0.717) is 5.56 Å². The molecule has 98 valence electrons. The highest BCUT2D eigenvalue weighted by molar-refractivity contribution is 5.95. The standard InChI is InChI=1S/C14H20N2O2/c1-11-5-3-6-12(14(17)18)13(11)16-8-4-7-15(2)9-10-16/h3,5-6H,4,7-10H2,1-2H3,(H,17,18). The normalized spacial score (nSPS) is 17.6. The van der Waals surface area contributed by atoms with Crippen molar-refractivity contribution in [3.8, 4) is 0 Å². The molecular weight excluding hydrogens is 228 g/mol. The Morgan fingerprint density at radius 2 is 2.00 bits per heavy atom. The molecule has 0 radical (unpaired) electrons. The Balaban J connectivity index is 2.34. The first-order valence-electron chi connectivity index (χ1n) is 6.36. The molecule has 0 spiro atoms. The number of aryl methyl sites for hydroxylation is 1. The molecule has 4 heteroatoms. The van der Waals surface area contributed by atoms with Gasteiger partial charge in [-0.05, 0) is 38.6 Å². The number of benzene rings is 1. The van der Waals surface area contributed by atoms with Gasteiger partial charge in [-0.25, -0.2) is 4.79 Å². The van der Waals surface area contributed by atoms with Crippen LogP contribution in [0.15, 0.2) is 18.2 Å². The van der Waals surface area contributed by atoms with Crippen LogP contribution in [0.4, 0.5) is 5.69 Å². The number of hydrogen-bond donors (Lipinski definition) is 1. The van der Waals surface area contributed by atoms with Crippen LogP contribution < -0.4 is 4.90 Å². The average molecular weight is 248 g/mol. The minimum Gasteiger partial charge on any atom is -0.478 e. The topological polar surface area (TPSA) is 43.8 Å². The number of likely N-dealkylation sites (N-methyl/N-ethyl adjacent to an activating group) is 1. The summed E-state index contributed by atoms with van der Waals surface area (Å²) in [5.74, 6) is -0.841. The Labute approximate surface area is 108 Å². The van der Waals surface area contributed by atoms with Crippen molar-refractivity contribution in [3.63, 3.8) is 0 Å². The molecule has 1 fully saturated rings. The SMILES string of the molecule is Cc1cccc(C(=O)O)c1N1CCCN(C)CC1. The van der Waals surface area contributed by atoms with Crippen molar-refractivity contribution in [3.05, 3.63) is 29.3 Å². The summed E-state index contributed by atoms with van der Waals surface area (Å²) in [6.07, 6.45) is 1.07. The predicted octanol–water partition coefficient (Wildman–Crippen LogP) is 1.84. The molecule has 0 amide bonds. The molecule has 0 aromatic heterocycles. The summed E-state index contributed by atoms with van der Waals surface area (Å²) in [6.45, 7) is 5.85. The summed E-state index contributed by atoms with van der Waals surface area (Å²) in [5.41, 5.74) is 2.35. The summed E-state index contributed by atoms with van der Waals surface area (Å²) in [5, 5.41) is 9.31. The molecule has 18 heavy (non-hydrogen) atoms. The highest BCUT2D eigenvalue weighted by atomic mass is 16.4. The van der Waals surface area contributed by atoms with Gasteiger partial charge in [-0.15, -0.1) is 0 Å². The van der Waals surface area contributed by atoms with Gasteiger partial charge in [-0.1, -0.05) is 12.1 Å². The van der Waals surface area contributed by atoms with E-state index in [-0.39, 0.29) is 0 Å². The quantitative estimate of drug-likeness (QED) is 0.867. The fourth-order valence-corrected chi connectivity index (χ4v) is 2.52. The van der Waals surface area contributed by atoms with Crippen LogP contribution >= 0.6 is 0 Å². The first-order chi connectivity index (χ1) is 8.59. The van der Waals surface area contributed by atoms with Crippen LogP contribution in [0.3, 0.4) is 0 Å². The van der Waals surface area contributed by atoms with Gasteiger partial charge >= 0.3 is 5.97 Å². The average Bonchev–Trinajstić information content (AvgIpc) is 2.53. The van der Waals surface area contributed by atoms with Gasteiger partial charge < -0.3 is 14.9 Å². The maximum absolute atomic E-state index is 11.3. The Morgan fingerprint density at radius 3 is 2.72 bits per heavy atom. The summed E-state index contributed by atoms with van der Waals surface area (Å²) in [4.78, 5) is 15.8. The van der Waals surface area contributed by atoms with Crippen molar-refractivity contribution < 1.29 is 9.90 Å². The van der Waals surface area contributed by atoms with E-state index in [4.69, 9.17) is 0 Å². The second kappa shape index (κ2) is 5.40. The highest BCUT2D eigenvalue weighted by Gasteiger charge is 2.20. The molecule has 1 N–H and O–H groups in total. The van der Waals surface area contributed by atoms with E-state index in [0.717, 1.165) is 43.9 Å². The molecule has 0 bridgehead atoms. The van der Waals surface area contributed by atoms with Gasteiger partial charge in [0.15, 0.2) is 0 Å². The zero-order chi connectivity index (χ0) is 13.1. The largest absolute Gasteiger partial charge is 0.478 e. The van der Waals surface area contributed by atoms with Gasteiger partial charge in [0.05, 0.1) is 11.3 Å². The van der Waals surface area contributed by atoms with Gasteiger partial charge in [-0.3, -0.25) is 0 Å². The van der Waals surface area contributed by atoms with Crippen LogP contribution in [0.25, 0.3) is 0 Å². The lowest BCUT2D eigenvalue weighted by molar-refractivity contribution is 0.0697. The summed E-state index contributed by atoms with van der Waals surface area (Å²) in [6, 6.07) is 5.49. The van der Waals surface area contributed by atoms with Crippen molar-refractivity contribution in [2.24, 2.45) is 0 Å². The molecule has 2 rings (SSSR count). The number of carbonyl (C=O) groups is 1. The molecule has 0 unspecified atom stereocenters. The molecule has 1 aliphatic rings. The van der Waals surface area contributed by atoms with E-state index >= 15 is 0 Å². The maximum Gasteiger partial charge on any atom is 0.337 e. The van der Waals surface area contributed by atoms with Crippen LogP contribution in [0.5, 0.6) is 0 Å². The Morgan fingerprint density at radius 1 is 1.22 bits per heavy atom. The van der Waals surface area contributed by atoms with Crippen LogP contribution in [-0.2, 0) is 0 Å². The summed E-state index contributed by atoms with van der Waals surface area (Å²) in [7, 11) is 2.11. The van der Waals surface area contributed by atoms with Crippen molar-refractivity contribution in [1.82, 2.24) is 4.90 Å². The fraction of sp³-hybridized carbons (Fsp3) is 0.500. The Kier molecular flexibility index (Phi) is 3.87. The Hall–Kier alpha value is -1.55. The van der Waals surface area contributed by atoms with Crippen LogP contribution in [0.2, 0.25) is 0 Å². The van der Waals surface area contributed by atoms with E-state index in [2.05, 4.69) is 16.8 Å². The lowest BCUT2D eigenvalue weighted by Crippen LogP contribution is -2.30. The molecule has 1 aliphatic heterocycles. The smallest absolute Gasteiger partial charge is 0.337 e. The number of nitrogens with zero attached hydrogens (tertiary/aromatic N) is 2. The number of carboxylic acid groups (broad SMARTS) is 1. The summed E-state index contributed by atoms with van der Waals surface area (Å²) >= 11 is 0. The molecule has 1 aromatic rings. The van der Waals surface area contributed by atoms with Gasteiger partial charge in [0.25, 0.3) is 0 Å². The zero-order valence-electron chi connectivity index (χ0n) is 11.0. The number of aromatic carboxylic acids is 1. The fourth-order valence-electron chi connectivity index (χ4n) is 2.52.